The van der Waals surface area contributed by atoms with Gasteiger partial charge in [0.05, 0.1) is 13.2 Å². The van der Waals surface area contributed by atoms with E-state index < -0.39 is 58.0 Å². The molecule has 1 aliphatic rings. The van der Waals surface area contributed by atoms with Crippen LogP contribution in [0.1, 0.15) is 11.8 Å². The number of rotatable bonds is 9. The highest BCUT2D eigenvalue weighted by Gasteiger charge is 2.46. The van der Waals surface area contributed by atoms with Gasteiger partial charge in [0.1, 0.15) is 18.3 Å². The highest BCUT2D eigenvalue weighted by Crippen LogP contribution is 2.57. The normalized spacial score (nSPS) is 23.3. The highest BCUT2D eigenvalue weighted by atomic mass is 31.3. The van der Waals surface area contributed by atoms with Gasteiger partial charge in [-0.1, -0.05) is 48.5 Å². The second-order valence-corrected chi connectivity index (χ2v) is 11.2. The summed E-state index contributed by atoms with van der Waals surface area (Å²) in [6, 6.07) is 17.8. The summed E-state index contributed by atoms with van der Waals surface area (Å²) in [6.07, 6.45) is -5.40. The summed E-state index contributed by atoms with van der Waals surface area (Å²) in [4.78, 5) is 52.5. The molecule has 5 N–H and O–H groups in total. The number of phosphoric ester groups is 1. The number of nitrogens with zero attached hydrogens (tertiary/aromatic N) is 2. The lowest BCUT2D eigenvalue weighted by Gasteiger charge is -2.19. The molecule has 1 fully saturated rings. The van der Waals surface area contributed by atoms with E-state index in [0.29, 0.717) is 5.56 Å². The lowest BCUT2D eigenvalue weighted by molar-refractivity contribution is -0.0547. The number of aliphatic hydroxyl groups excluding tert-OH is 2. The van der Waals surface area contributed by atoms with Gasteiger partial charge >= 0.3 is 21.3 Å². The van der Waals surface area contributed by atoms with E-state index in [0.717, 1.165) is 32.5 Å². The summed E-state index contributed by atoms with van der Waals surface area (Å²) < 4.78 is 37.8. The first-order valence-electron chi connectivity index (χ1n) is 11.1. The van der Waals surface area contributed by atoms with Crippen molar-refractivity contribution in [1.82, 2.24) is 9.13 Å². The molecule has 38 heavy (non-hydrogen) atoms. The van der Waals surface area contributed by atoms with Crippen LogP contribution in [0.5, 0.6) is 0 Å². The van der Waals surface area contributed by atoms with Crippen LogP contribution in [-0.4, -0.2) is 58.9 Å². The maximum atomic E-state index is 13.2. The molecule has 3 unspecified atom stereocenters. The first-order chi connectivity index (χ1) is 17.8. The number of aromatic nitrogens is 2. The van der Waals surface area contributed by atoms with E-state index in [-0.39, 0.29) is 6.54 Å². The third kappa shape index (κ3) is 6.63. The molecule has 0 spiro atoms. The summed E-state index contributed by atoms with van der Waals surface area (Å²) in [7, 11) is -10.6. The van der Waals surface area contributed by atoms with Crippen LogP contribution in [0.25, 0.3) is 11.1 Å². The monoisotopic (exact) mass is 570 g/mol. The minimum absolute atomic E-state index is 0.107. The van der Waals surface area contributed by atoms with Crippen LogP contribution in [0.2, 0.25) is 0 Å². The van der Waals surface area contributed by atoms with Gasteiger partial charge < -0.3 is 29.6 Å². The molecular weight excluding hydrogens is 546 g/mol. The Morgan fingerprint density at radius 2 is 1.58 bits per heavy atom. The topological polar surface area (TPSA) is 207 Å². The Labute approximate surface area is 214 Å². The van der Waals surface area contributed by atoms with Gasteiger partial charge in [0.25, 0.3) is 5.56 Å². The van der Waals surface area contributed by atoms with Crippen molar-refractivity contribution in [1.29, 1.82) is 0 Å². The Morgan fingerprint density at radius 1 is 0.895 bits per heavy atom. The molecule has 5 atom stereocenters. The first-order valence-corrected chi connectivity index (χ1v) is 14.1. The summed E-state index contributed by atoms with van der Waals surface area (Å²) in [6.45, 7) is -1.03. The van der Waals surface area contributed by atoms with Crippen molar-refractivity contribution in [2.75, 3.05) is 6.61 Å². The zero-order chi connectivity index (χ0) is 27.7. The first kappa shape index (κ1) is 28.3. The van der Waals surface area contributed by atoms with Crippen LogP contribution in [0, 0.1) is 0 Å². The Morgan fingerprint density at radius 3 is 2.26 bits per heavy atom. The number of aliphatic hydroxyl groups is 2. The fourth-order valence-corrected chi connectivity index (χ4v) is 5.55. The van der Waals surface area contributed by atoms with E-state index in [4.69, 9.17) is 14.5 Å². The smallest absolute Gasteiger partial charge is 0.387 e. The number of hydrogen-bond acceptors (Lipinski definition) is 9. The van der Waals surface area contributed by atoms with E-state index >= 15 is 0 Å². The van der Waals surface area contributed by atoms with Gasteiger partial charge in [-0.05, 0) is 22.8 Å². The zero-order valence-electron chi connectivity index (χ0n) is 19.5. The lowest BCUT2D eigenvalue weighted by atomic mass is 10.0. The third-order valence-electron chi connectivity index (χ3n) is 5.69. The van der Waals surface area contributed by atoms with E-state index in [1.165, 1.54) is 0 Å². The molecule has 3 aromatic rings. The quantitative estimate of drug-likeness (QED) is 0.224. The molecule has 2 heterocycles. The van der Waals surface area contributed by atoms with Crippen molar-refractivity contribution in [3.8, 4) is 11.1 Å². The van der Waals surface area contributed by atoms with Crippen LogP contribution in [0.15, 0.2) is 76.4 Å². The molecule has 204 valence electrons. The number of ether oxygens (including phenoxy) is 1. The molecule has 14 nitrogen and oxygen atoms in total. The molecule has 2 aromatic carbocycles. The summed E-state index contributed by atoms with van der Waals surface area (Å²) in [5.41, 5.74) is 0.969. The van der Waals surface area contributed by atoms with E-state index in [9.17, 15) is 33.8 Å². The molecule has 0 amide bonds. The van der Waals surface area contributed by atoms with Crippen molar-refractivity contribution in [3.63, 3.8) is 0 Å². The molecule has 1 aliphatic heterocycles. The van der Waals surface area contributed by atoms with Crippen molar-refractivity contribution >= 4 is 15.6 Å². The van der Waals surface area contributed by atoms with Gasteiger partial charge in [-0.2, -0.15) is 4.31 Å². The number of benzene rings is 2. The average Bonchev–Trinajstić information content (AvgIpc) is 3.13. The Balaban J connectivity index is 1.55. The Bertz CT molecular complexity index is 1500. The van der Waals surface area contributed by atoms with E-state index in [1.54, 1.807) is 12.1 Å². The summed E-state index contributed by atoms with van der Waals surface area (Å²) in [5, 5.41) is 20.8. The maximum absolute atomic E-state index is 13.2. The molecular formula is C22H24N2O12P2. The van der Waals surface area contributed by atoms with Crippen LogP contribution in [-0.2, 0) is 29.2 Å². The van der Waals surface area contributed by atoms with Gasteiger partial charge in [-0.3, -0.25) is 18.5 Å². The van der Waals surface area contributed by atoms with E-state index in [2.05, 4.69) is 8.83 Å². The van der Waals surface area contributed by atoms with Gasteiger partial charge in [0.2, 0.25) is 0 Å². The molecule has 0 bridgehead atoms. The minimum Gasteiger partial charge on any atom is -0.387 e. The fourth-order valence-electron chi connectivity index (χ4n) is 3.96. The van der Waals surface area contributed by atoms with Gasteiger partial charge in [-0.15, -0.1) is 0 Å². The summed E-state index contributed by atoms with van der Waals surface area (Å²) >= 11 is 0. The molecule has 4 rings (SSSR count). The highest BCUT2D eigenvalue weighted by molar-refractivity contribution is 7.60. The van der Waals surface area contributed by atoms with Gasteiger partial charge in [0.15, 0.2) is 6.23 Å². The predicted molar refractivity (Wildman–Crippen MR) is 131 cm³/mol. The molecule has 1 saturated heterocycles. The minimum atomic E-state index is -5.37. The lowest BCUT2D eigenvalue weighted by Crippen LogP contribution is -2.43. The maximum Gasteiger partial charge on any atom is 0.481 e. The molecule has 16 heteroatoms. The van der Waals surface area contributed by atoms with Gasteiger partial charge in [0, 0.05) is 12.3 Å². The van der Waals surface area contributed by atoms with Gasteiger partial charge in [-0.25, -0.2) is 13.9 Å². The summed E-state index contributed by atoms with van der Waals surface area (Å²) in [5.74, 6) is 0. The Kier molecular flexibility index (Phi) is 8.31. The largest absolute Gasteiger partial charge is 0.481 e. The standard InChI is InChI=1S/C22H24N2O12P2/c25-18-9-10-23(21-20(27)19(26)17(35-21)13-34-38(32,33)36-37(29,30)31)22(28)24(18)12-14-5-4-8-16(11-14)15-6-2-1-3-7-15/h1-11,17,19-21,26-27H,12-13H2,(H,32,33)(H2,29,30,31)/t17-,19?,20?,21-/m1/s1. The molecule has 0 saturated carbocycles. The van der Waals surface area contributed by atoms with Crippen molar-refractivity contribution < 1.29 is 47.6 Å². The second kappa shape index (κ2) is 11.2. The number of phosphoric acid groups is 2. The van der Waals surface area contributed by atoms with Crippen LogP contribution in [0.4, 0.5) is 0 Å². The number of hydrogen-bond donors (Lipinski definition) is 5. The fraction of sp³-hybridized carbons (Fsp3) is 0.273. The Hall–Kier alpha value is -2.74. The zero-order valence-corrected chi connectivity index (χ0v) is 21.2. The molecule has 0 aliphatic carbocycles. The van der Waals surface area contributed by atoms with Crippen molar-refractivity contribution in [3.05, 3.63) is 93.3 Å². The molecule has 0 radical (unpaired) electrons. The molecule has 1 aromatic heterocycles. The van der Waals surface area contributed by atoms with Crippen LogP contribution in [0.3, 0.4) is 0 Å². The van der Waals surface area contributed by atoms with Crippen LogP contribution >= 0.6 is 15.6 Å². The van der Waals surface area contributed by atoms with Crippen molar-refractivity contribution in [2.45, 2.75) is 31.1 Å². The average molecular weight is 570 g/mol. The van der Waals surface area contributed by atoms with Crippen LogP contribution < -0.4 is 11.2 Å². The second-order valence-electron chi connectivity index (χ2n) is 8.38. The SMILES string of the molecule is O=c1ccn([C@@H]2O[C@H](COP(=O)(O)OP(=O)(O)O)C(O)C2O)c(=O)n1Cc1cccc(-c2ccccc2)c1. The van der Waals surface area contributed by atoms with E-state index in [1.807, 2.05) is 42.5 Å². The van der Waals surface area contributed by atoms with Crippen molar-refractivity contribution in [2.24, 2.45) is 0 Å². The predicted octanol–water partition coefficient (Wildman–Crippen LogP) is 0.571. The third-order valence-corrected chi connectivity index (χ3v) is 7.84.